The van der Waals surface area contributed by atoms with Gasteiger partial charge in [0.1, 0.15) is 17.9 Å². The molecule has 180 valence electrons. The number of morpholine rings is 1. The Morgan fingerprint density at radius 1 is 1.41 bits per heavy atom. The number of hydrogen-bond acceptors (Lipinski definition) is 8. The fraction of sp³-hybridized carbons (Fsp3) is 0.364. The van der Waals surface area contributed by atoms with Crippen LogP contribution in [0.4, 0.5) is 4.39 Å². The fourth-order valence-electron chi connectivity index (χ4n) is 3.98. The van der Waals surface area contributed by atoms with Crippen molar-refractivity contribution in [1.29, 1.82) is 0 Å². The Labute approximate surface area is 199 Å². The van der Waals surface area contributed by atoms with E-state index in [1.807, 2.05) is 0 Å². The van der Waals surface area contributed by atoms with Crippen molar-refractivity contribution in [3.05, 3.63) is 64.1 Å². The van der Waals surface area contributed by atoms with E-state index in [1.165, 1.54) is 19.2 Å². The number of rotatable bonds is 6. The molecule has 1 aromatic carbocycles. The molecule has 0 bridgehead atoms. The van der Waals surface area contributed by atoms with Gasteiger partial charge >= 0.3 is 11.9 Å². The average molecular weight is 492 g/mol. The molecule has 0 spiro atoms. The number of aliphatic carboxylic acids is 1. The van der Waals surface area contributed by atoms with Crippen LogP contribution in [0.1, 0.15) is 17.4 Å². The van der Waals surface area contributed by atoms with Crippen molar-refractivity contribution in [2.45, 2.75) is 12.1 Å². The maximum Gasteiger partial charge on any atom is 0.338 e. The van der Waals surface area contributed by atoms with Gasteiger partial charge in [0.25, 0.3) is 0 Å². The smallest absolute Gasteiger partial charge is 0.338 e. The van der Waals surface area contributed by atoms with Crippen LogP contribution in [0.3, 0.4) is 0 Å². The number of carboxylic acids is 1. The second-order valence-corrected chi connectivity index (χ2v) is 8.22. The molecular formula is C22H23ClFN5O5. The molecule has 0 saturated carbocycles. The molecule has 2 aromatic rings. The molecule has 10 nitrogen and oxygen atoms in total. The number of halogens is 2. The van der Waals surface area contributed by atoms with Gasteiger partial charge in [-0.3, -0.25) is 14.7 Å². The standard InChI is InChI=1S/C22H23ClFN5O5/c1-28-6-5-25-20(28)19-26-15(10-29-7-8-34-11-16(29)21(30)31)17(22(32)33-2)18(27-19)13-4-3-12(24)9-14(13)23/h3-6,9,16,18H,7-8,10-11H2,1-2H3,(H,26,27)(H,30,31). The van der Waals surface area contributed by atoms with Gasteiger partial charge in [-0.15, -0.1) is 0 Å². The van der Waals surface area contributed by atoms with E-state index in [0.29, 0.717) is 36.1 Å². The van der Waals surface area contributed by atoms with Crippen molar-refractivity contribution in [3.8, 4) is 0 Å². The molecule has 2 unspecified atom stereocenters. The first-order valence-corrected chi connectivity index (χ1v) is 10.8. The number of aryl methyl sites for hydroxylation is 1. The van der Waals surface area contributed by atoms with E-state index in [1.54, 1.807) is 28.9 Å². The molecule has 0 radical (unpaired) electrons. The number of benzene rings is 1. The number of nitrogens with zero attached hydrogens (tertiary/aromatic N) is 4. The molecule has 0 amide bonds. The predicted octanol–water partition coefficient (Wildman–Crippen LogP) is 1.52. The lowest BCUT2D eigenvalue weighted by molar-refractivity contribution is -0.149. The third kappa shape index (κ3) is 4.67. The van der Waals surface area contributed by atoms with Gasteiger partial charge in [0.15, 0.2) is 11.7 Å². The van der Waals surface area contributed by atoms with Gasteiger partial charge in [0.05, 0.1) is 25.9 Å². The largest absolute Gasteiger partial charge is 0.480 e. The van der Waals surface area contributed by atoms with Crippen LogP contribution in [0, 0.1) is 5.82 Å². The summed E-state index contributed by atoms with van der Waals surface area (Å²) < 4.78 is 25.9. The van der Waals surface area contributed by atoms with E-state index in [9.17, 15) is 19.1 Å². The number of aromatic nitrogens is 2. The second-order valence-electron chi connectivity index (χ2n) is 7.82. The van der Waals surface area contributed by atoms with Crippen LogP contribution in [0.15, 0.2) is 46.9 Å². The number of ether oxygens (including phenoxy) is 2. The van der Waals surface area contributed by atoms with Gasteiger partial charge in [0, 0.05) is 48.8 Å². The summed E-state index contributed by atoms with van der Waals surface area (Å²) in [5.41, 5.74) is 0.925. The van der Waals surface area contributed by atoms with Gasteiger partial charge in [-0.1, -0.05) is 17.7 Å². The van der Waals surface area contributed by atoms with Crippen LogP contribution in [0.5, 0.6) is 0 Å². The molecule has 2 atom stereocenters. The molecule has 34 heavy (non-hydrogen) atoms. The monoisotopic (exact) mass is 491 g/mol. The van der Waals surface area contributed by atoms with Gasteiger partial charge in [-0.2, -0.15) is 0 Å². The lowest BCUT2D eigenvalue weighted by Crippen LogP contribution is -2.52. The fourth-order valence-corrected chi connectivity index (χ4v) is 4.25. The summed E-state index contributed by atoms with van der Waals surface area (Å²) in [4.78, 5) is 35.5. The van der Waals surface area contributed by atoms with E-state index < -0.39 is 29.8 Å². The highest BCUT2D eigenvalue weighted by atomic mass is 35.5. The van der Waals surface area contributed by atoms with E-state index in [-0.39, 0.29) is 23.7 Å². The number of imidazole rings is 1. The molecule has 1 aromatic heterocycles. The van der Waals surface area contributed by atoms with Crippen molar-refractivity contribution < 1.29 is 28.6 Å². The molecule has 1 saturated heterocycles. The number of aliphatic imine (C=N–C) groups is 1. The minimum Gasteiger partial charge on any atom is -0.480 e. The van der Waals surface area contributed by atoms with E-state index in [2.05, 4.69) is 10.3 Å². The summed E-state index contributed by atoms with van der Waals surface area (Å²) >= 11 is 6.35. The third-order valence-corrected chi connectivity index (χ3v) is 6.03. The SMILES string of the molecule is COC(=O)C1=C(CN2CCOCC2C(=O)O)NC(c2nccn2C)=NC1c1ccc(F)cc1Cl. The molecule has 1 fully saturated rings. The van der Waals surface area contributed by atoms with Crippen molar-refractivity contribution in [1.82, 2.24) is 19.8 Å². The Kier molecular flexibility index (Phi) is 6.96. The number of amidine groups is 1. The number of hydrogen-bond donors (Lipinski definition) is 2. The third-order valence-electron chi connectivity index (χ3n) is 5.71. The molecule has 0 aliphatic carbocycles. The highest BCUT2D eigenvalue weighted by Gasteiger charge is 2.37. The summed E-state index contributed by atoms with van der Waals surface area (Å²) in [6.07, 6.45) is 3.34. The zero-order valence-electron chi connectivity index (χ0n) is 18.5. The molecular weight excluding hydrogens is 469 g/mol. The molecule has 2 aliphatic heterocycles. The Morgan fingerprint density at radius 3 is 2.85 bits per heavy atom. The topological polar surface area (TPSA) is 118 Å². The van der Waals surface area contributed by atoms with Crippen molar-refractivity contribution in [3.63, 3.8) is 0 Å². The highest BCUT2D eigenvalue weighted by molar-refractivity contribution is 6.31. The maximum absolute atomic E-state index is 13.8. The van der Waals surface area contributed by atoms with Crippen molar-refractivity contribution >= 4 is 29.4 Å². The van der Waals surface area contributed by atoms with Crippen LogP contribution >= 0.6 is 11.6 Å². The Bertz CT molecular complexity index is 1180. The van der Waals surface area contributed by atoms with Crippen molar-refractivity contribution in [2.75, 3.05) is 33.4 Å². The number of esters is 1. The highest BCUT2D eigenvalue weighted by Crippen LogP contribution is 2.36. The summed E-state index contributed by atoms with van der Waals surface area (Å²) in [5, 5.41) is 12.9. The Morgan fingerprint density at radius 2 is 2.21 bits per heavy atom. The Hall–Kier alpha value is -3.28. The first-order valence-electron chi connectivity index (χ1n) is 10.4. The minimum atomic E-state index is -1.04. The van der Waals surface area contributed by atoms with E-state index in [0.717, 1.165) is 6.07 Å². The van der Waals surface area contributed by atoms with Crippen molar-refractivity contribution in [2.24, 2.45) is 12.0 Å². The van der Waals surface area contributed by atoms with Gasteiger partial charge in [0.2, 0.25) is 0 Å². The van der Waals surface area contributed by atoms with Crippen LogP contribution in [0.2, 0.25) is 5.02 Å². The average Bonchev–Trinajstić information content (AvgIpc) is 3.24. The Balaban J connectivity index is 1.85. The summed E-state index contributed by atoms with van der Waals surface area (Å²) in [6.45, 7) is 0.777. The van der Waals surface area contributed by atoms with Gasteiger partial charge in [-0.05, 0) is 12.1 Å². The number of nitrogens with one attached hydrogen (secondary N) is 1. The van der Waals surface area contributed by atoms with Crippen LogP contribution in [-0.2, 0) is 26.1 Å². The summed E-state index contributed by atoms with van der Waals surface area (Å²) in [6, 6.07) is 2.00. The summed E-state index contributed by atoms with van der Waals surface area (Å²) in [7, 11) is 3.02. The molecule has 3 heterocycles. The van der Waals surface area contributed by atoms with Crippen LogP contribution in [-0.4, -0.2) is 76.8 Å². The minimum absolute atomic E-state index is 0.0176. The zero-order valence-corrected chi connectivity index (χ0v) is 19.3. The molecule has 2 N–H and O–H groups in total. The quantitative estimate of drug-likeness (QED) is 0.584. The lowest BCUT2D eigenvalue weighted by Gasteiger charge is -2.35. The molecule has 4 rings (SSSR count). The second kappa shape index (κ2) is 9.92. The molecule has 2 aliphatic rings. The number of methoxy groups -OCH3 is 1. The number of carbonyl (C=O) groups is 2. The maximum atomic E-state index is 13.8. The van der Waals surface area contributed by atoms with E-state index >= 15 is 0 Å². The first kappa shape index (κ1) is 23.9. The predicted molar refractivity (Wildman–Crippen MR) is 120 cm³/mol. The van der Waals surface area contributed by atoms with Gasteiger partial charge < -0.3 is 24.5 Å². The lowest BCUT2D eigenvalue weighted by atomic mass is 9.95. The molecule has 12 heteroatoms. The number of carbonyl (C=O) groups excluding carboxylic acids is 1. The summed E-state index contributed by atoms with van der Waals surface area (Å²) in [5.74, 6) is -1.40. The van der Waals surface area contributed by atoms with Gasteiger partial charge in [-0.25, -0.2) is 14.2 Å². The van der Waals surface area contributed by atoms with E-state index in [4.69, 9.17) is 26.1 Å². The zero-order chi connectivity index (χ0) is 24.4. The first-order chi connectivity index (χ1) is 16.3. The normalized spacial score (nSPS) is 21.1. The van der Waals surface area contributed by atoms with Crippen LogP contribution < -0.4 is 5.32 Å². The van der Waals surface area contributed by atoms with Crippen LogP contribution in [0.25, 0.3) is 0 Å². The number of carboxylic acid groups (broad SMARTS) is 1.